The minimum absolute atomic E-state index is 0. The van der Waals surface area contributed by atoms with Crippen LogP contribution in [0.1, 0.15) is 32.1 Å². The third-order valence-electron chi connectivity index (χ3n) is 2.06. The van der Waals surface area contributed by atoms with Gasteiger partial charge in [-0.2, -0.15) is 0 Å². The molecular formula is C8H20ClNO. The highest BCUT2D eigenvalue weighted by Crippen LogP contribution is 2.21. The average molecular weight is 182 g/mol. The molecule has 0 atom stereocenters. The molecule has 2 nitrogen and oxygen atoms in total. The van der Waals surface area contributed by atoms with Gasteiger partial charge in [-0.1, -0.05) is 19.3 Å². The maximum Gasteiger partial charge on any atom is 0.0319 e. The van der Waals surface area contributed by atoms with E-state index in [1.54, 1.807) is 0 Å². The fourth-order valence-electron chi connectivity index (χ4n) is 1.42. The molecule has 0 unspecified atom stereocenters. The molecule has 1 rings (SSSR count). The first kappa shape index (κ1) is 13.8. The highest BCUT2D eigenvalue weighted by Gasteiger charge is 2.09. The van der Waals surface area contributed by atoms with E-state index in [1.807, 2.05) is 0 Å². The predicted molar refractivity (Wildman–Crippen MR) is 51.0 cm³/mol. The molecule has 0 spiro atoms. The van der Waals surface area contributed by atoms with E-state index in [0.29, 0.717) is 0 Å². The molecule has 1 fully saturated rings. The van der Waals surface area contributed by atoms with Crippen LogP contribution in [0.4, 0.5) is 0 Å². The van der Waals surface area contributed by atoms with Crippen LogP contribution >= 0.6 is 12.4 Å². The van der Waals surface area contributed by atoms with Crippen LogP contribution in [0.15, 0.2) is 0 Å². The van der Waals surface area contributed by atoms with Crippen molar-refractivity contribution in [1.29, 1.82) is 0 Å². The third-order valence-corrected chi connectivity index (χ3v) is 2.06. The van der Waals surface area contributed by atoms with Gasteiger partial charge in [0.25, 0.3) is 0 Å². The number of aliphatic hydroxyl groups excluding tert-OH is 1. The van der Waals surface area contributed by atoms with E-state index in [1.165, 1.54) is 32.1 Å². The predicted octanol–water partition coefficient (Wildman–Crippen LogP) is 1.56. The van der Waals surface area contributed by atoms with Crippen LogP contribution in [0.2, 0.25) is 0 Å². The Kier molecular flexibility index (Phi) is 12.8. The summed E-state index contributed by atoms with van der Waals surface area (Å²) in [6.45, 7) is 0.917. The highest BCUT2D eigenvalue weighted by atomic mass is 35.5. The van der Waals surface area contributed by atoms with Crippen molar-refractivity contribution in [3.05, 3.63) is 0 Å². The smallest absolute Gasteiger partial charge is 0.0319 e. The van der Waals surface area contributed by atoms with Gasteiger partial charge in [0, 0.05) is 7.11 Å². The quantitative estimate of drug-likeness (QED) is 0.645. The summed E-state index contributed by atoms with van der Waals surface area (Å²) in [6.07, 6.45) is 7.05. The Morgan fingerprint density at radius 1 is 1.18 bits per heavy atom. The van der Waals surface area contributed by atoms with E-state index in [2.05, 4.69) is 0 Å². The number of hydrogen-bond acceptors (Lipinski definition) is 2. The molecule has 0 bridgehead atoms. The summed E-state index contributed by atoms with van der Waals surface area (Å²) < 4.78 is 0. The van der Waals surface area contributed by atoms with Crippen LogP contribution in [0.25, 0.3) is 0 Å². The molecule has 0 radical (unpaired) electrons. The maximum absolute atomic E-state index is 7.00. The molecular weight excluding hydrogens is 162 g/mol. The van der Waals surface area contributed by atoms with Gasteiger partial charge in [-0.3, -0.25) is 0 Å². The molecule has 3 heteroatoms. The van der Waals surface area contributed by atoms with Gasteiger partial charge >= 0.3 is 0 Å². The van der Waals surface area contributed by atoms with Crippen LogP contribution in [0.3, 0.4) is 0 Å². The third kappa shape index (κ3) is 6.60. The van der Waals surface area contributed by atoms with Crippen molar-refractivity contribution in [2.24, 2.45) is 11.7 Å². The molecule has 0 aromatic rings. The van der Waals surface area contributed by atoms with Crippen LogP contribution in [-0.2, 0) is 0 Å². The maximum atomic E-state index is 7.00. The topological polar surface area (TPSA) is 46.2 Å². The summed E-state index contributed by atoms with van der Waals surface area (Å²) in [5, 5.41) is 7.00. The SMILES string of the molecule is CO.Cl.NCC1CCCCC1. The molecule has 1 saturated carbocycles. The Hall–Kier alpha value is 0.210. The molecule has 70 valence electrons. The second kappa shape index (κ2) is 10.2. The van der Waals surface area contributed by atoms with Crippen molar-refractivity contribution in [2.75, 3.05) is 13.7 Å². The minimum Gasteiger partial charge on any atom is -0.400 e. The lowest BCUT2D eigenvalue weighted by Crippen LogP contribution is -2.16. The zero-order chi connectivity index (χ0) is 7.82. The fourth-order valence-corrected chi connectivity index (χ4v) is 1.42. The standard InChI is InChI=1S/C7H15N.CH4O.ClH/c8-6-7-4-2-1-3-5-7;1-2;/h7H,1-6,8H2;2H,1H3;1H. The summed E-state index contributed by atoms with van der Waals surface area (Å²) in [5.74, 6) is 0.865. The van der Waals surface area contributed by atoms with Gasteiger partial charge in [-0.15, -0.1) is 12.4 Å². The Bertz CT molecular complexity index is 65.1. The van der Waals surface area contributed by atoms with Crippen molar-refractivity contribution in [1.82, 2.24) is 0 Å². The highest BCUT2D eigenvalue weighted by molar-refractivity contribution is 5.85. The molecule has 0 aromatic heterocycles. The lowest BCUT2D eigenvalue weighted by molar-refractivity contribution is 0.366. The number of nitrogens with two attached hydrogens (primary N) is 1. The fraction of sp³-hybridized carbons (Fsp3) is 1.00. The summed E-state index contributed by atoms with van der Waals surface area (Å²) in [7, 11) is 1.00. The molecule has 0 saturated heterocycles. The summed E-state index contributed by atoms with van der Waals surface area (Å²) in [4.78, 5) is 0. The van der Waals surface area contributed by atoms with Gasteiger partial charge in [0.15, 0.2) is 0 Å². The Labute approximate surface area is 75.6 Å². The van der Waals surface area contributed by atoms with Gasteiger partial charge < -0.3 is 10.8 Å². The van der Waals surface area contributed by atoms with E-state index in [4.69, 9.17) is 10.8 Å². The van der Waals surface area contributed by atoms with Crippen molar-refractivity contribution >= 4 is 12.4 Å². The number of aliphatic hydroxyl groups is 1. The molecule has 3 N–H and O–H groups in total. The summed E-state index contributed by atoms with van der Waals surface area (Å²) in [5.41, 5.74) is 5.50. The lowest BCUT2D eigenvalue weighted by Gasteiger charge is -2.18. The molecule has 0 heterocycles. The molecule has 0 amide bonds. The van der Waals surface area contributed by atoms with Crippen LogP contribution in [0, 0.1) is 5.92 Å². The van der Waals surface area contributed by atoms with Crippen LogP contribution < -0.4 is 5.73 Å². The van der Waals surface area contributed by atoms with E-state index < -0.39 is 0 Å². The van der Waals surface area contributed by atoms with Crippen LogP contribution in [-0.4, -0.2) is 18.8 Å². The molecule has 1 aliphatic carbocycles. The Morgan fingerprint density at radius 3 is 1.91 bits per heavy atom. The van der Waals surface area contributed by atoms with Gasteiger partial charge in [-0.25, -0.2) is 0 Å². The van der Waals surface area contributed by atoms with Gasteiger partial charge in [-0.05, 0) is 25.3 Å². The monoisotopic (exact) mass is 181 g/mol. The van der Waals surface area contributed by atoms with Crippen molar-refractivity contribution in [2.45, 2.75) is 32.1 Å². The first-order valence-electron chi connectivity index (χ1n) is 4.08. The van der Waals surface area contributed by atoms with E-state index in [-0.39, 0.29) is 12.4 Å². The second-order valence-corrected chi connectivity index (χ2v) is 2.74. The number of rotatable bonds is 1. The van der Waals surface area contributed by atoms with Crippen molar-refractivity contribution < 1.29 is 5.11 Å². The zero-order valence-electron chi connectivity index (χ0n) is 7.25. The largest absolute Gasteiger partial charge is 0.400 e. The normalized spacial score (nSPS) is 17.7. The zero-order valence-corrected chi connectivity index (χ0v) is 8.07. The first-order chi connectivity index (χ1) is 4.93. The van der Waals surface area contributed by atoms with Gasteiger partial charge in [0.1, 0.15) is 0 Å². The van der Waals surface area contributed by atoms with E-state index in [9.17, 15) is 0 Å². The molecule has 0 aromatic carbocycles. The summed E-state index contributed by atoms with van der Waals surface area (Å²) >= 11 is 0. The molecule has 0 aliphatic heterocycles. The first-order valence-corrected chi connectivity index (χ1v) is 4.08. The molecule has 11 heavy (non-hydrogen) atoms. The number of hydrogen-bond donors (Lipinski definition) is 2. The van der Waals surface area contributed by atoms with Gasteiger partial charge in [0.2, 0.25) is 0 Å². The Balaban J connectivity index is 0. The van der Waals surface area contributed by atoms with Gasteiger partial charge in [0.05, 0.1) is 0 Å². The van der Waals surface area contributed by atoms with Crippen molar-refractivity contribution in [3.63, 3.8) is 0 Å². The lowest BCUT2D eigenvalue weighted by atomic mass is 9.90. The van der Waals surface area contributed by atoms with Crippen molar-refractivity contribution in [3.8, 4) is 0 Å². The summed E-state index contributed by atoms with van der Waals surface area (Å²) in [6, 6.07) is 0. The van der Waals surface area contributed by atoms with E-state index in [0.717, 1.165) is 19.6 Å². The van der Waals surface area contributed by atoms with Crippen LogP contribution in [0.5, 0.6) is 0 Å². The molecule has 1 aliphatic rings. The Morgan fingerprint density at radius 2 is 1.64 bits per heavy atom. The second-order valence-electron chi connectivity index (χ2n) is 2.74. The number of halogens is 1. The minimum atomic E-state index is 0. The average Bonchev–Trinajstić information content (AvgIpc) is 2.10. The van der Waals surface area contributed by atoms with E-state index >= 15 is 0 Å².